The van der Waals surface area contributed by atoms with Gasteiger partial charge >= 0.3 is 0 Å². The van der Waals surface area contributed by atoms with Gasteiger partial charge in [0.05, 0.1) is 0 Å². The van der Waals surface area contributed by atoms with Crippen LogP contribution < -0.4 is 0 Å². The summed E-state index contributed by atoms with van der Waals surface area (Å²) < 4.78 is 0. The number of hydrogen-bond acceptors (Lipinski definition) is 2. The van der Waals surface area contributed by atoms with Crippen molar-refractivity contribution in [3.8, 4) is 11.5 Å². The van der Waals surface area contributed by atoms with Crippen LogP contribution in [0.3, 0.4) is 0 Å². The summed E-state index contributed by atoms with van der Waals surface area (Å²) in [7, 11) is 0. The molecular formula is C14H13O2. The molecule has 0 fully saturated rings. The highest BCUT2D eigenvalue weighted by Crippen LogP contribution is 2.23. The summed E-state index contributed by atoms with van der Waals surface area (Å²) >= 11 is 0. The molecule has 0 atom stereocenters. The van der Waals surface area contributed by atoms with E-state index in [1.807, 2.05) is 18.2 Å². The molecule has 0 aromatic heterocycles. The molecule has 0 amide bonds. The molecule has 2 rings (SSSR count). The maximum atomic E-state index is 9.59. The fraction of sp³-hybridized carbons (Fsp3) is 0.143. The van der Waals surface area contributed by atoms with Crippen LogP contribution in [0.5, 0.6) is 11.5 Å². The maximum Gasteiger partial charge on any atom is 0.127 e. The van der Waals surface area contributed by atoms with Crippen molar-refractivity contribution in [2.75, 3.05) is 0 Å². The Morgan fingerprint density at radius 2 is 1.75 bits per heavy atom. The summed E-state index contributed by atoms with van der Waals surface area (Å²) in [6.45, 7) is 0. The molecule has 0 spiro atoms. The van der Waals surface area contributed by atoms with E-state index in [0.29, 0.717) is 0 Å². The second-order valence-electron chi connectivity index (χ2n) is 3.71. The van der Waals surface area contributed by atoms with E-state index in [4.69, 9.17) is 5.11 Å². The quantitative estimate of drug-likeness (QED) is 0.823. The van der Waals surface area contributed by atoms with Gasteiger partial charge in [0.25, 0.3) is 0 Å². The predicted octanol–water partition coefficient (Wildman–Crippen LogP) is 2.68. The molecule has 2 aromatic rings. The zero-order valence-electron chi connectivity index (χ0n) is 8.85. The van der Waals surface area contributed by atoms with Crippen molar-refractivity contribution in [3.63, 3.8) is 0 Å². The second-order valence-corrected chi connectivity index (χ2v) is 3.71. The van der Waals surface area contributed by atoms with Gasteiger partial charge in [-0.3, -0.25) is 0 Å². The SMILES string of the molecule is Oc1[c]cc(CCc2ccccc2)c(O)c1. The summed E-state index contributed by atoms with van der Waals surface area (Å²) in [4.78, 5) is 0. The highest BCUT2D eigenvalue weighted by Gasteiger charge is 2.02. The fourth-order valence-electron chi connectivity index (χ4n) is 1.62. The minimum absolute atomic E-state index is 0.0269. The van der Waals surface area contributed by atoms with Gasteiger partial charge < -0.3 is 10.2 Å². The lowest BCUT2D eigenvalue weighted by Crippen LogP contribution is -1.91. The molecule has 1 radical (unpaired) electrons. The van der Waals surface area contributed by atoms with Crippen molar-refractivity contribution >= 4 is 0 Å². The van der Waals surface area contributed by atoms with Crippen LogP contribution in [0.15, 0.2) is 42.5 Å². The molecule has 2 heteroatoms. The molecule has 0 saturated carbocycles. The van der Waals surface area contributed by atoms with Crippen LogP contribution in [0.25, 0.3) is 0 Å². The Bertz CT molecular complexity index is 463. The Morgan fingerprint density at radius 1 is 1.00 bits per heavy atom. The molecule has 2 nitrogen and oxygen atoms in total. The number of rotatable bonds is 3. The van der Waals surface area contributed by atoms with E-state index in [0.717, 1.165) is 18.4 Å². The first kappa shape index (κ1) is 10.6. The van der Waals surface area contributed by atoms with E-state index in [-0.39, 0.29) is 11.5 Å². The average molecular weight is 213 g/mol. The molecule has 16 heavy (non-hydrogen) atoms. The maximum absolute atomic E-state index is 9.59. The van der Waals surface area contributed by atoms with Crippen LogP contribution in [0.1, 0.15) is 11.1 Å². The Hall–Kier alpha value is -1.96. The van der Waals surface area contributed by atoms with Crippen LogP contribution in [0.4, 0.5) is 0 Å². The average Bonchev–Trinajstić information content (AvgIpc) is 2.29. The van der Waals surface area contributed by atoms with Gasteiger partial charge in [-0.15, -0.1) is 0 Å². The molecular weight excluding hydrogens is 200 g/mol. The number of hydrogen-bond donors (Lipinski definition) is 2. The van der Waals surface area contributed by atoms with E-state index >= 15 is 0 Å². The third-order valence-corrected chi connectivity index (χ3v) is 2.52. The van der Waals surface area contributed by atoms with Crippen molar-refractivity contribution in [2.24, 2.45) is 0 Å². The first-order valence-electron chi connectivity index (χ1n) is 5.22. The smallest absolute Gasteiger partial charge is 0.127 e. The van der Waals surface area contributed by atoms with Crippen LogP contribution in [-0.4, -0.2) is 10.2 Å². The third kappa shape index (κ3) is 2.54. The van der Waals surface area contributed by atoms with Crippen LogP contribution in [-0.2, 0) is 12.8 Å². The van der Waals surface area contributed by atoms with Gasteiger partial charge in [0.1, 0.15) is 11.5 Å². The lowest BCUT2D eigenvalue weighted by atomic mass is 10.0. The lowest BCUT2D eigenvalue weighted by molar-refractivity contribution is 0.445. The summed E-state index contributed by atoms with van der Waals surface area (Å²) in [5.41, 5.74) is 2.04. The van der Waals surface area contributed by atoms with Gasteiger partial charge in [-0.2, -0.15) is 0 Å². The molecule has 0 aliphatic carbocycles. The van der Waals surface area contributed by atoms with Crippen LogP contribution >= 0.6 is 0 Å². The number of aryl methyl sites for hydroxylation is 2. The zero-order chi connectivity index (χ0) is 11.4. The Kier molecular flexibility index (Phi) is 3.10. The van der Waals surface area contributed by atoms with Crippen molar-refractivity contribution < 1.29 is 10.2 Å². The first-order chi connectivity index (χ1) is 7.75. The zero-order valence-corrected chi connectivity index (χ0v) is 8.85. The normalized spacial score (nSPS) is 10.2. The van der Waals surface area contributed by atoms with Gasteiger partial charge in [-0.1, -0.05) is 30.3 Å². The molecule has 0 saturated heterocycles. The molecule has 2 aromatic carbocycles. The Morgan fingerprint density at radius 3 is 2.44 bits per heavy atom. The minimum atomic E-state index is -0.0269. The third-order valence-electron chi connectivity index (χ3n) is 2.52. The van der Waals surface area contributed by atoms with E-state index < -0.39 is 0 Å². The number of benzene rings is 2. The minimum Gasteiger partial charge on any atom is -0.508 e. The van der Waals surface area contributed by atoms with E-state index in [1.54, 1.807) is 6.07 Å². The second kappa shape index (κ2) is 4.71. The standard InChI is InChI=1S/C14H13O2/c15-13-9-8-12(14(16)10-13)7-6-11-4-2-1-3-5-11/h1-5,8,10,15-16H,6-7H2. The molecule has 81 valence electrons. The lowest BCUT2D eigenvalue weighted by Gasteiger charge is -2.04. The van der Waals surface area contributed by atoms with Gasteiger partial charge in [0, 0.05) is 12.1 Å². The monoisotopic (exact) mass is 213 g/mol. The Labute approximate surface area is 94.8 Å². The van der Waals surface area contributed by atoms with Crippen molar-refractivity contribution in [1.29, 1.82) is 0 Å². The Balaban J connectivity index is 2.05. The highest BCUT2D eigenvalue weighted by atomic mass is 16.3. The molecule has 0 bridgehead atoms. The summed E-state index contributed by atoms with van der Waals surface area (Å²) in [5, 5.41) is 18.7. The highest BCUT2D eigenvalue weighted by molar-refractivity contribution is 5.38. The van der Waals surface area contributed by atoms with Crippen molar-refractivity contribution in [2.45, 2.75) is 12.8 Å². The number of phenols is 2. The summed E-state index contributed by atoms with van der Waals surface area (Å²) in [6.07, 6.45) is 1.61. The topological polar surface area (TPSA) is 40.5 Å². The van der Waals surface area contributed by atoms with E-state index in [2.05, 4.69) is 18.2 Å². The number of aromatic hydroxyl groups is 2. The van der Waals surface area contributed by atoms with Crippen LogP contribution in [0.2, 0.25) is 0 Å². The molecule has 0 aliphatic rings. The van der Waals surface area contributed by atoms with Crippen molar-refractivity contribution in [1.82, 2.24) is 0 Å². The number of phenolic OH excluding ortho intramolecular Hbond substituents is 2. The van der Waals surface area contributed by atoms with Crippen LogP contribution in [0, 0.1) is 6.07 Å². The van der Waals surface area contributed by atoms with Gasteiger partial charge in [0.15, 0.2) is 0 Å². The largest absolute Gasteiger partial charge is 0.508 e. The predicted molar refractivity (Wildman–Crippen MR) is 62.5 cm³/mol. The molecule has 2 N–H and O–H groups in total. The summed E-state index contributed by atoms with van der Waals surface area (Å²) in [5.74, 6) is 0.105. The molecule has 0 heterocycles. The first-order valence-corrected chi connectivity index (χ1v) is 5.22. The van der Waals surface area contributed by atoms with E-state index in [9.17, 15) is 5.11 Å². The molecule has 0 unspecified atom stereocenters. The van der Waals surface area contributed by atoms with Gasteiger partial charge in [0.2, 0.25) is 0 Å². The fourth-order valence-corrected chi connectivity index (χ4v) is 1.62. The summed E-state index contributed by atoms with van der Waals surface area (Å²) in [6, 6.07) is 15.7. The molecule has 0 aliphatic heterocycles. The van der Waals surface area contributed by atoms with Gasteiger partial charge in [-0.05, 0) is 30.0 Å². The van der Waals surface area contributed by atoms with E-state index in [1.165, 1.54) is 11.6 Å². The van der Waals surface area contributed by atoms with Gasteiger partial charge in [-0.25, -0.2) is 0 Å². The van der Waals surface area contributed by atoms with Crippen molar-refractivity contribution in [3.05, 3.63) is 59.7 Å².